The fourth-order valence-corrected chi connectivity index (χ4v) is 4.07. The van der Waals surface area contributed by atoms with Crippen LogP contribution >= 0.6 is 0 Å². The molecule has 5 rings (SSSR count). The molecule has 154 valence electrons. The highest BCUT2D eigenvalue weighted by molar-refractivity contribution is 5.81. The molecule has 0 amide bonds. The molecule has 1 aliphatic rings. The molecule has 0 aliphatic carbocycles. The monoisotopic (exact) mass is 405 g/mol. The molecule has 3 aromatic heterocycles. The summed E-state index contributed by atoms with van der Waals surface area (Å²) in [7, 11) is 1.85. The zero-order valence-corrected chi connectivity index (χ0v) is 16.5. The van der Waals surface area contributed by atoms with Crippen LogP contribution in [-0.4, -0.2) is 55.1 Å². The molecule has 30 heavy (non-hydrogen) atoms. The van der Waals surface area contributed by atoms with Crippen molar-refractivity contribution in [1.82, 2.24) is 19.5 Å². The van der Waals surface area contributed by atoms with E-state index in [0.717, 1.165) is 27.7 Å². The van der Waals surface area contributed by atoms with Gasteiger partial charge in [-0.05, 0) is 42.7 Å². The van der Waals surface area contributed by atoms with Crippen molar-refractivity contribution in [2.24, 2.45) is 0 Å². The highest BCUT2D eigenvalue weighted by Gasteiger charge is 2.43. The van der Waals surface area contributed by atoms with Crippen molar-refractivity contribution < 1.29 is 14.9 Å². The first-order valence-electron chi connectivity index (χ1n) is 9.99. The summed E-state index contributed by atoms with van der Waals surface area (Å²) in [5.74, 6) is 0.822. The van der Waals surface area contributed by atoms with Crippen LogP contribution in [0.1, 0.15) is 18.2 Å². The van der Waals surface area contributed by atoms with E-state index in [2.05, 4.69) is 32.4 Å². The van der Waals surface area contributed by atoms with Crippen LogP contribution < -0.4 is 5.32 Å². The normalized spacial score (nSPS) is 24.0. The lowest BCUT2D eigenvalue weighted by Crippen LogP contribution is -2.31. The first kappa shape index (κ1) is 18.9. The number of aliphatic hydroxyl groups excluding tert-OH is 2. The lowest BCUT2D eigenvalue weighted by atomic mass is 10.0. The number of anilines is 1. The summed E-state index contributed by atoms with van der Waals surface area (Å²) in [6.45, 7) is 0. The van der Waals surface area contributed by atoms with Gasteiger partial charge in [-0.2, -0.15) is 0 Å². The minimum Gasteiger partial charge on any atom is -0.388 e. The minimum absolute atomic E-state index is 0.475. The molecule has 4 heterocycles. The second kappa shape index (κ2) is 7.64. The number of aryl methyl sites for hydroxylation is 1. The van der Waals surface area contributed by atoms with Gasteiger partial charge in [-0.1, -0.05) is 12.1 Å². The standard InChI is InChI=1S/C22H23N5O3/c1-23-18-7-5-14-4-2-13(10-16(14)26-18)3-6-17-19(28)20(29)22(30-17)27-9-8-15-11-24-12-25-21(15)27/h2,4-5,7-12,17,19-20,22,28-29H,3,6H2,1H3,(H,23,26)/t17-,19-,20-,22-/m1/s1. The van der Waals surface area contributed by atoms with Crippen molar-refractivity contribution in [2.75, 3.05) is 12.4 Å². The maximum atomic E-state index is 10.6. The quantitative estimate of drug-likeness (QED) is 0.468. The molecule has 0 radical (unpaired) electrons. The second-order valence-corrected chi connectivity index (χ2v) is 7.58. The van der Waals surface area contributed by atoms with Crippen LogP contribution in [0.25, 0.3) is 21.9 Å². The van der Waals surface area contributed by atoms with Crippen LogP contribution in [0.4, 0.5) is 5.82 Å². The predicted octanol–water partition coefficient (Wildman–Crippen LogP) is 2.27. The molecule has 0 spiro atoms. The van der Waals surface area contributed by atoms with Gasteiger partial charge in [0.05, 0.1) is 11.6 Å². The number of hydrogen-bond donors (Lipinski definition) is 3. The molecule has 4 atom stereocenters. The average molecular weight is 405 g/mol. The number of ether oxygens (including phenoxy) is 1. The number of aromatic nitrogens is 4. The van der Waals surface area contributed by atoms with Gasteiger partial charge in [-0.25, -0.2) is 15.0 Å². The van der Waals surface area contributed by atoms with Crippen molar-refractivity contribution >= 4 is 27.8 Å². The van der Waals surface area contributed by atoms with E-state index in [1.54, 1.807) is 17.0 Å². The number of pyridine rings is 1. The van der Waals surface area contributed by atoms with E-state index in [4.69, 9.17) is 4.74 Å². The summed E-state index contributed by atoms with van der Waals surface area (Å²) >= 11 is 0. The van der Waals surface area contributed by atoms with Gasteiger partial charge in [-0.3, -0.25) is 0 Å². The molecule has 1 aliphatic heterocycles. The number of nitrogens with zero attached hydrogens (tertiary/aromatic N) is 4. The van der Waals surface area contributed by atoms with Crippen molar-refractivity contribution in [3.05, 3.63) is 60.7 Å². The molecule has 3 N–H and O–H groups in total. The van der Waals surface area contributed by atoms with Gasteiger partial charge in [0.15, 0.2) is 6.23 Å². The molecular weight excluding hydrogens is 382 g/mol. The number of hydrogen-bond acceptors (Lipinski definition) is 7. The van der Waals surface area contributed by atoms with Crippen molar-refractivity contribution in [1.29, 1.82) is 0 Å². The Kier molecular flexibility index (Phi) is 4.82. The van der Waals surface area contributed by atoms with Gasteiger partial charge in [0.25, 0.3) is 0 Å². The molecule has 1 fully saturated rings. The maximum absolute atomic E-state index is 10.6. The molecule has 8 heteroatoms. The molecule has 8 nitrogen and oxygen atoms in total. The Hall–Kier alpha value is -3.07. The maximum Gasteiger partial charge on any atom is 0.164 e. The van der Waals surface area contributed by atoms with Crippen molar-refractivity contribution in [3.63, 3.8) is 0 Å². The Morgan fingerprint density at radius 2 is 1.97 bits per heavy atom. The summed E-state index contributed by atoms with van der Waals surface area (Å²) in [5, 5.41) is 26.2. The van der Waals surface area contributed by atoms with E-state index in [0.29, 0.717) is 18.5 Å². The minimum atomic E-state index is -1.03. The predicted molar refractivity (Wildman–Crippen MR) is 113 cm³/mol. The molecule has 0 unspecified atom stereocenters. The van der Waals surface area contributed by atoms with Crippen LogP contribution in [0.3, 0.4) is 0 Å². The summed E-state index contributed by atoms with van der Waals surface area (Å²) in [4.78, 5) is 12.9. The summed E-state index contributed by atoms with van der Waals surface area (Å²) in [6, 6.07) is 12.0. The first-order valence-corrected chi connectivity index (χ1v) is 9.99. The van der Waals surface area contributed by atoms with Crippen LogP contribution in [0.15, 0.2) is 55.1 Å². The molecule has 1 saturated heterocycles. The summed E-state index contributed by atoms with van der Waals surface area (Å²) in [5.41, 5.74) is 2.70. The fraction of sp³-hybridized carbons (Fsp3) is 0.318. The smallest absolute Gasteiger partial charge is 0.164 e. The second-order valence-electron chi connectivity index (χ2n) is 7.58. The Morgan fingerprint density at radius 3 is 2.83 bits per heavy atom. The SMILES string of the molecule is CNc1ccc2ccc(CC[C@H]3O[C@@H](n4ccc5cncnc54)[C@H](O)[C@@H]3O)cc2n1. The van der Waals surface area contributed by atoms with E-state index >= 15 is 0 Å². The van der Waals surface area contributed by atoms with Crippen LogP contribution in [0, 0.1) is 0 Å². The average Bonchev–Trinajstić information content (AvgIpc) is 3.33. The number of rotatable bonds is 5. The largest absolute Gasteiger partial charge is 0.388 e. The number of nitrogens with one attached hydrogen (secondary N) is 1. The third-order valence-corrected chi connectivity index (χ3v) is 5.72. The number of fused-ring (bicyclic) bond motifs is 2. The van der Waals surface area contributed by atoms with Crippen LogP contribution in [-0.2, 0) is 11.2 Å². The van der Waals surface area contributed by atoms with Gasteiger partial charge < -0.3 is 24.8 Å². The third kappa shape index (κ3) is 3.28. The molecule has 0 saturated carbocycles. The van der Waals surface area contributed by atoms with Crippen molar-refractivity contribution in [2.45, 2.75) is 37.4 Å². The van der Waals surface area contributed by atoms with Gasteiger partial charge in [-0.15, -0.1) is 0 Å². The topological polar surface area (TPSA) is 105 Å². The van der Waals surface area contributed by atoms with E-state index in [1.807, 2.05) is 31.3 Å². The Bertz CT molecular complexity index is 1190. The van der Waals surface area contributed by atoms with E-state index in [9.17, 15) is 10.2 Å². The number of aliphatic hydroxyl groups is 2. The Balaban J connectivity index is 1.32. The molecule has 0 bridgehead atoms. The molecule has 4 aromatic rings. The Morgan fingerprint density at radius 1 is 1.10 bits per heavy atom. The van der Waals surface area contributed by atoms with E-state index in [1.165, 1.54) is 6.33 Å². The molecule has 1 aromatic carbocycles. The third-order valence-electron chi connectivity index (χ3n) is 5.72. The van der Waals surface area contributed by atoms with Gasteiger partial charge in [0.1, 0.15) is 30.0 Å². The molecular formula is C22H23N5O3. The first-order chi connectivity index (χ1) is 14.6. The van der Waals surface area contributed by atoms with Crippen LogP contribution in [0.2, 0.25) is 0 Å². The summed E-state index contributed by atoms with van der Waals surface area (Å²) < 4.78 is 7.82. The highest BCUT2D eigenvalue weighted by atomic mass is 16.6. The van der Waals surface area contributed by atoms with Crippen molar-refractivity contribution in [3.8, 4) is 0 Å². The summed E-state index contributed by atoms with van der Waals surface area (Å²) in [6.07, 6.45) is 3.10. The highest BCUT2D eigenvalue weighted by Crippen LogP contribution is 2.33. The van der Waals surface area contributed by atoms with Gasteiger partial charge in [0, 0.05) is 30.2 Å². The fourth-order valence-electron chi connectivity index (χ4n) is 4.07. The lowest BCUT2D eigenvalue weighted by molar-refractivity contribution is -0.0364. The zero-order chi connectivity index (χ0) is 20.7. The van der Waals surface area contributed by atoms with Crippen LogP contribution in [0.5, 0.6) is 0 Å². The Labute approximate surface area is 173 Å². The lowest BCUT2D eigenvalue weighted by Gasteiger charge is -2.17. The zero-order valence-electron chi connectivity index (χ0n) is 16.5. The van der Waals surface area contributed by atoms with Gasteiger partial charge >= 0.3 is 0 Å². The van der Waals surface area contributed by atoms with E-state index in [-0.39, 0.29) is 0 Å². The van der Waals surface area contributed by atoms with E-state index < -0.39 is 24.5 Å². The number of benzene rings is 1. The van der Waals surface area contributed by atoms with Gasteiger partial charge in [0.2, 0.25) is 0 Å².